The monoisotopic (exact) mass is 286 g/mol. The number of fused-ring (bicyclic) bond motifs is 1. The van der Waals surface area contributed by atoms with Crippen LogP contribution >= 0.6 is 0 Å². The number of hydrogen-bond donors (Lipinski definition) is 1. The number of imidazole rings is 1. The van der Waals surface area contributed by atoms with Gasteiger partial charge in [0.25, 0.3) is 0 Å². The van der Waals surface area contributed by atoms with Crippen LogP contribution in [0.15, 0.2) is 12.4 Å². The smallest absolute Gasteiger partial charge is 0.322 e. The number of nitrogens with zero attached hydrogens (tertiary/aromatic N) is 5. The first kappa shape index (κ1) is 13.1. The van der Waals surface area contributed by atoms with E-state index in [0.29, 0.717) is 37.4 Å². The van der Waals surface area contributed by atoms with Gasteiger partial charge in [0.1, 0.15) is 0 Å². The van der Waals surface area contributed by atoms with Crippen molar-refractivity contribution in [2.75, 3.05) is 6.54 Å². The molecular weight excluding hydrogens is 273 g/mol. The van der Waals surface area contributed by atoms with Gasteiger partial charge in [-0.05, 0) is 0 Å². The van der Waals surface area contributed by atoms with Crippen LogP contribution in [-0.2, 0) is 32.2 Å². The second-order valence-corrected chi connectivity index (χ2v) is 4.57. The van der Waals surface area contributed by atoms with Crippen molar-refractivity contribution in [3.63, 3.8) is 0 Å². The first-order valence-electron chi connectivity index (χ1n) is 6.26. The van der Waals surface area contributed by atoms with E-state index < -0.39 is 12.0 Å². The maximum Gasteiger partial charge on any atom is 0.449 e. The Balaban J connectivity index is 1.92. The predicted octanol–water partition coefficient (Wildman–Crippen LogP) is 0.839. The topological polar surface area (TPSA) is 60.6 Å². The summed E-state index contributed by atoms with van der Waals surface area (Å²) in [6.07, 6.45) is -0.772. The Morgan fingerprint density at radius 3 is 2.85 bits per heavy atom. The lowest BCUT2D eigenvalue weighted by atomic mass is 10.2. The second kappa shape index (κ2) is 4.89. The Morgan fingerprint density at radius 2 is 2.15 bits per heavy atom. The molecule has 0 bridgehead atoms. The molecule has 1 N–H and O–H groups in total. The van der Waals surface area contributed by atoms with Gasteiger partial charge in [0, 0.05) is 37.9 Å². The van der Waals surface area contributed by atoms with Crippen LogP contribution in [0.25, 0.3) is 0 Å². The van der Waals surface area contributed by atoms with E-state index in [4.69, 9.17) is 0 Å². The predicted molar refractivity (Wildman–Crippen MR) is 62.7 cm³/mol. The summed E-state index contributed by atoms with van der Waals surface area (Å²) in [5.74, 6) is -0.827. The lowest BCUT2D eigenvalue weighted by Crippen LogP contribution is -2.26. The molecule has 0 unspecified atom stereocenters. The summed E-state index contributed by atoms with van der Waals surface area (Å²) < 4.78 is 42.0. The molecule has 0 saturated carbocycles. The third kappa shape index (κ3) is 2.40. The fourth-order valence-corrected chi connectivity index (χ4v) is 2.38. The average molecular weight is 286 g/mol. The molecule has 9 heteroatoms. The molecule has 0 atom stereocenters. The van der Waals surface area contributed by atoms with Crippen LogP contribution in [0.2, 0.25) is 0 Å². The first-order valence-corrected chi connectivity index (χ1v) is 6.26. The molecule has 1 aliphatic heterocycles. The molecule has 0 amide bonds. The summed E-state index contributed by atoms with van der Waals surface area (Å²) in [6, 6.07) is 0. The number of halogens is 3. The summed E-state index contributed by atoms with van der Waals surface area (Å²) in [4.78, 5) is 3.75. The van der Waals surface area contributed by atoms with Crippen molar-refractivity contribution in [3.05, 3.63) is 29.6 Å². The van der Waals surface area contributed by atoms with Crippen molar-refractivity contribution in [2.45, 2.75) is 32.2 Å². The van der Waals surface area contributed by atoms with Crippen LogP contribution in [0.4, 0.5) is 13.2 Å². The second-order valence-electron chi connectivity index (χ2n) is 4.57. The Hall–Kier alpha value is -1.90. The summed E-state index contributed by atoms with van der Waals surface area (Å²) in [7, 11) is 0. The van der Waals surface area contributed by atoms with E-state index in [9.17, 15) is 13.2 Å². The number of nitrogens with one attached hydrogen (secondary N) is 1. The molecule has 2 aromatic heterocycles. The number of aryl methyl sites for hydroxylation is 1. The van der Waals surface area contributed by atoms with E-state index in [1.165, 1.54) is 15.4 Å². The highest BCUT2D eigenvalue weighted by Gasteiger charge is 2.39. The van der Waals surface area contributed by atoms with E-state index in [0.717, 1.165) is 0 Å². The molecular formula is C11H13F3N6. The molecule has 0 saturated heterocycles. The third-order valence-corrected chi connectivity index (χ3v) is 3.26. The van der Waals surface area contributed by atoms with Gasteiger partial charge in [-0.15, -0.1) is 5.10 Å². The Kier molecular flexibility index (Phi) is 3.20. The molecule has 3 rings (SSSR count). The van der Waals surface area contributed by atoms with Crippen LogP contribution in [0, 0.1) is 0 Å². The van der Waals surface area contributed by atoms with Gasteiger partial charge in [0.2, 0.25) is 5.82 Å². The van der Waals surface area contributed by atoms with E-state index in [-0.39, 0.29) is 6.54 Å². The van der Waals surface area contributed by atoms with E-state index in [1.54, 1.807) is 6.20 Å². The van der Waals surface area contributed by atoms with Gasteiger partial charge in [0.15, 0.2) is 0 Å². The SMILES string of the molecule is FC(F)(F)c1nc2c(n1CCn1ccnn1)CCNC2. The molecule has 0 fully saturated rings. The highest BCUT2D eigenvalue weighted by Crippen LogP contribution is 2.31. The molecule has 20 heavy (non-hydrogen) atoms. The van der Waals surface area contributed by atoms with Gasteiger partial charge >= 0.3 is 6.18 Å². The van der Waals surface area contributed by atoms with Crippen molar-refractivity contribution >= 4 is 0 Å². The molecule has 2 aromatic rings. The van der Waals surface area contributed by atoms with Gasteiger partial charge < -0.3 is 9.88 Å². The zero-order valence-electron chi connectivity index (χ0n) is 10.6. The van der Waals surface area contributed by atoms with Crippen LogP contribution in [0.1, 0.15) is 17.2 Å². The fourth-order valence-electron chi connectivity index (χ4n) is 2.38. The molecule has 108 valence electrons. The highest BCUT2D eigenvalue weighted by molar-refractivity contribution is 5.21. The lowest BCUT2D eigenvalue weighted by Gasteiger charge is -2.16. The van der Waals surface area contributed by atoms with E-state index >= 15 is 0 Å². The summed E-state index contributed by atoms with van der Waals surface area (Å²) >= 11 is 0. The zero-order chi connectivity index (χ0) is 14.2. The Bertz CT molecular complexity index is 586. The van der Waals surface area contributed by atoms with Crippen LogP contribution in [0.5, 0.6) is 0 Å². The molecule has 0 aromatic carbocycles. The molecule has 1 aliphatic rings. The quantitative estimate of drug-likeness (QED) is 0.908. The van der Waals surface area contributed by atoms with Crippen molar-refractivity contribution in [2.24, 2.45) is 0 Å². The number of rotatable bonds is 3. The van der Waals surface area contributed by atoms with E-state index in [1.807, 2.05) is 0 Å². The highest BCUT2D eigenvalue weighted by atomic mass is 19.4. The van der Waals surface area contributed by atoms with Crippen molar-refractivity contribution in [3.8, 4) is 0 Å². The van der Waals surface area contributed by atoms with Crippen LogP contribution in [0.3, 0.4) is 0 Å². The van der Waals surface area contributed by atoms with Gasteiger partial charge in [0.05, 0.1) is 18.4 Å². The zero-order valence-corrected chi connectivity index (χ0v) is 10.6. The largest absolute Gasteiger partial charge is 0.449 e. The summed E-state index contributed by atoms with van der Waals surface area (Å²) in [6.45, 7) is 1.56. The fraction of sp³-hybridized carbons (Fsp3) is 0.545. The number of hydrogen-bond acceptors (Lipinski definition) is 4. The van der Waals surface area contributed by atoms with Crippen molar-refractivity contribution in [1.29, 1.82) is 0 Å². The van der Waals surface area contributed by atoms with E-state index in [2.05, 4.69) is 20.6 Å². The summed E-state index contributed by atoms with van der Waals surface area (Å²) in [5.41, 5.74) is 1.15. The molecule has 0 spiro atoms. The number of aromatic nitrogens is 5. The van der Waals surface area contributed by atoms with Gasteiger partial charge in [-0.1, -0.05) is 5.21 Å². The average Bonchev–Trinajstić information content (AvgIpc) is 3.03. The van der Waals surface area contributed by atoms with Gasteiger partial charge in [-0.3, -0.25) is 4.68 Å². The van der Waals surface area contributed by atoms with Crippen molar-refractivity contribution in [1.82, 2.24) is 29.9 Å². The Labute approximate surface area is 112 Å². The van der Waals surface area contributed by atoms with Gasteiger partial charge in [-0.25, -0.2) is 4.98 Å². The molecule has 3 heterocycles. The summed E-state index contributed by atoms with van der Waals surface area (Å²) in [5, 5.41) is 10.4. The normalized spacial score (nSPS) is 15.3. The van der Waals surface area contributed by atoms with Crippen LogP contribution < -0.4 is 5.32 Å². The minimum Gasteiger partial charge on any atom is -0.322 e. The van der Waals surface area contributed by atoms with Gasteiger partial charge in [-0.2, -0.15) is 13.2 Å². The number of alkyl halides is 3. The maximum atomic E-state index is 13.1. The minimum atomic E-state index is -4.44. The maximum absolute atomic E-state index is 13.1. The Morgan fingerprint density at radius 1 is 1.30 bits per heavy atom. The van der Waals surface area contributed by atoms with Crippen LogP contribution in [-0.4, -0.2) is 31.1 Å². The third-order valence-electron chi connectivity index (χ3n) is 3.26. The first-order chi connectivity index (χ1) is 9.55. The van der Waals surface area contributed by atoms with Crippen molar-refractivity contribution < 1.29 is 13.2 Å². The molecule has 0 aliphatic carbocycles. The lowest BCUT2D eigenvalue weighted by molar-refractivity contribution is -0.147. The standard InChI is InChI=1S/C11H13F3N6/c12-11(13,14)10-17-8-7-15-2-1-9(8)20(10)6-5-19-4-3-16-18-19/h3-4,15H,1-2,5-7H2. The minimum absolute atomic E-state index is 0.181. The molecule has 0 radical (unpaired) electrons. The molecule has 6 nitrogen and oxygen atoms in total.